The minimum absolute atomic E-state index is 0.000316. The summed E-state index contributed by atoms with van der Waals surface area (Å²) in [5.74, 6) is -4.36. The fraction of sp³-hybridized carbons (Fsp3) is 0.350. The van der Waals surface area contributed by atoms with Crippen LogP contribution < -0.4 is 10.2 Å². The Morgan fingerprint density at radius 1 is 1.00 bits per heavy atom. The number of carbonyl (C=O) groups excluding carboxylic acids is 1. The summed E-state index contributed by atoms with van der Waals surface area (Å²) in [5, 5.41) is 2.44. The van der Waals surface area contributed by atoms with Crippen LogP contribution in [-0.4, -0.2) is 57.7 Å². The molecule has 1 heterocycles. The van der Waals surface area contributed by atoms with Gasteiger partial charge in [0.15, 0.2) is 0 Å². The molecule has 0 spiro atoms. The summed E-state index contributed by atoms with van der Waals surface area (Å²) in [6.45, 7) is 2.60. The van der Waals surface area contributed by atoms with E-state index in [-0.39, 0.29) is 18.0 Å². The highest BCUT2D eigenvalue weighted by Gasteiger charge is 2.29. The molecule has 1 saturated heterocycles. The standard InChI is InChI=1S/C20H22F3N3O3S/c21-15-6-8-16(9-7-15)26-11-3-10-25(12-13-26)14-19(27)24-17-4-1-2-5-18(17)30(28,29)20(22)23/h1-2,4-9,20H,3,10-14H2,(H,24,27). The minimum atomic E-state index is -4.83. The van der Waals surface area contributed by atoms with Gasteiger partial charge in [-0.1, -0.05) is 12.1 Å². The van der Waals surface area contributed by atoms with E-state index in [1.165, 1.54) is 30.3 Å². The van der Waals surface area contributed by atoms with Crippen LogP contribution in [0.5, 0.6) is 0 Å². The molecule has 0 atom stereocenters. The first kappa shape index (κ1) is 22.1. The van der Waals surface area contributed by atoms with E-state index in [0.29, 0.717) is 19.6 Å². The molecule has 6 nitrogen and oxygen atoms in total. The number of para-hydroxylation sites is 1. The van der Waals surface area contributed by atoms with E-state index in [4.69, 9.17) is 0 Å². The average molecular weight is 441 g/mol. The molecule has 162 valence electrons. The van der Waals surface area contributed by atoms with Gasteiger partial charge in [0.05, 0.1) is 17.1 Å². The third kappa shape index (κ3) is 5.31. The molecule has 0 bridgehead atoms. The third-order valence-electron chi connectivity index (χ3n) is 4.85. The van der Waals surface area contributed by atoms with Crippen LogP contribution in [0.4, 0.5) is 24.5 Å². The summed E-state index contributed by atoms with van der Waals surface area (Å²) in [4.78, 5) is 15.8. The molecule has 0 aromatic heterocycles. The molecule has 3 rings (SSSR count). The Morgan fingerprint density at radius 2 is 1.70 bits per heavy atom. The first-order valence-corrected chi connectivity index (χ1v) is 11.0. The van der Waals surface area contributed by atoms with Gasteiger partial charge >= 0.3 is 5.76 Å². The van der Waals surface area contributed by atoms with Crippen LogP contribution in [0, 0.1) is 5.82 Å². The molecule has 0 saturated carbocycles. The molecule has 1 aliphatic rings. The summed E-state index contributed by atoms with van der Waals surface area (Å²) >= 11 is 0. The molecule has 1 aliphatic heterocycles. The molecule has 0 unspecified atom stereocenters. The van der Waals surface area contributed by atoms with Crippen LogP contribution in [0.25, 0.3) is 0 Å². The number of alkyl halides is 2. The SMILES string of the molecule is O=C(CN1CCCN(c2ccc(F)cc2)CC1)Nc1ccccc1S(=O)(=O)C(F)F. The fourth-order valence-corrected chi connectivity index (χ4v) is 4.23. The third-order valence-corrected chi connectivity index (χ3v) is 6.29. The Bertz CT molecular complexity index is 984. The van der Waals surface area contributed by atoms with Gasteiger partial charge in [-0.15, -0.1) is 0 Å². The molecule has 10 heteroatoms. The topological polar surface area (TPSA) is 69.7 Å². The summed E-state index contributed by atoms with van der Waals surface area (Å²) in [5.41, 5.74) is 0.736. The predicted molar refractivity (Wildman–Crippen MR) is 108 cm³/mol. The number of carbonyl (C=O) groups is 1. The predicted octanol–water partition coefficient (Wildman–Crippen LogP) is 2.97. The van der Waals surface area contributed by atoms with Crippen LogP contribution in [0.2, 0.25) is 0 Å². The molecule has 1 fully saturated rings. The first-order chi connectivity index (χ1) is 14.3. The number of anilines is 2. The van der Waals surface area contributed by atoms with Crippen molar-refractivity contribution in [2.45, 2.75) is 17.1 Å². The van der Waals surface area contributed by atoms with Gasteiger partial charge < -0.3 is 10.2 Å². The number of hydrogen-bond donors (Lipinski definition) is 1. The van der Waals surface area contributed by atoms with Crippen molar-refractivity contribution < 1.29 is 26.4 Å². The number of halogens is 3. The number of hydrogen-bond acceptors (Lipinski definition) is 5. The highest BCUT2D eigenvalue weighted by atomic mass is 32.2. The zero-order valence-corrected chi connectivity index (χ0v) is 16.9. The Morgan fingerprint density at radius 3 is 2.40 bits per heavy atom. The van der Waals surface area contributed by atoms with Crippen LogP contribution in [0.3, 0.4) is 0 Å². The van der Waals surface area contributed by atoms with E-state index in [9.17, 15) is 26.4 Å². The van der Waals surface area contributed by atoms with Crippen molar-refractivity contribution in [1.29, 1.82) is 0 Å². The largest absolute Gasteiger partial charge is 0.370 e. The molecular weight excluding hydrogens is 419 g/mol. The van der Waals surface area contributed by atoms with Gasteiger partial charge in [-0.25, -0.2) is 12.8 Å². The van der Waals surface area contributed by atoms with Crippen LogP contribution in [0.1, 0.15) is 6.42 Å². The van der Waals surface area contributed by atoms with Gasteiger partial charge in [0.2, 0.25) is 15.7 Å². The van der Waals surface area contributed by atoms with E-state index in [1.807, 2.05) is 4.90 Å². The molecular formula is C20H22F3N3O3S. The van der Waals surface area contributed by atoms with E-state index in [0.717, 1.165) is 24.7 Å². The van der Waals surface area contributed by atoms with Crippen molar-refractivity contribution in [2.24, 2.45) is 0 Å². The lowest BCUT2D eigenvalue weighted by atomic mass is 10.2. The lowest BCUT2D eigenvalue weighted by Gasteiger charge is -2.23. The van der Waals surface area contributed by atoms with Crippen molar-refractivity contribution >= 4 is 27.1 Å². The van der Waals surface area contributed by atoms with E-state index >= 15 is 0 Å². The van der Waals surface area contributed by atoms with Crippen molar-refractivity contribution in [3.05, 3.63) is 54.3 Å². The smallest absolute Gasteiger partial charge is 0.341 e. The molecule has 1 amide bonds. The van der Waals surface area contributed by atoms with Gasteiger partial charge in [0.1, 0.15) is 5.82 Å². The summed E-state index contributed by atoms with van der Waals surface area (Å²) in [7, 11) is -4.83. The summed E-state index contributed by atoms with van der Waals surface area (Å²) in [6.07, 6.45) is 0.779. The number of amides is 1. The highest BCUT2D eigenvalue weighted by Crippen LogP contribution is 2.26. The normalized spacial score (nSPS) is 15.8. The van der Waals surface area contributed by atoms with Crippen molar-refractivity contribution in [1.82, 2.24) is 4.90 Å². The molecule has 2 aromatic carbocycles. The first-order valence-electron chi connectivity index (χ1n) is 9.41. The van der Waals surface area contributed by atoms with Crippen LogP contribution >= 0.6 is 0 Å². The average Bonchev–Trinajstić information content (AvgIpc) is 2.94. The second kappa shape index (κ2) is 9.48. The Kier molecular flexibility index (Phi) is 6.99. The van der Waals surface area contributed by atoms with Crippen molar-refractivity contribution in [2.75, 3.05) is 42.9 Å². The molecule has 0 radical (unpaired) electrons. The van der Waals surface area contributed by atoms with E-state index in [1.54, 1.807) is 12.1 Å². The quantitative estimate of drug-likeness (QED) is 0.747. The van der Waals surface area contributed by atoms with Gasteiger partial charge in [0.25, 0.3) is 0 Å². The van der Waals surface area contributed by atoms with Crippen LogP contribution in [0.15, 0.2) is 53.4 Å². The van der Waals surface area contributed by atoms with Crippen molar-refractivity contribution in [3.8, 4) is 0 Å². The fourth-order valence-electron chi connectivity index (χ4n) is 3.35. The number of rotatable bonds is 6. The van der Waals surface area contributed by atoms with Gasteiger partial charge in [-0.05, 0) is 42.8 Å². The zero-order chi connectivity index (χ0) is 21.7. The maximum absolute atomic E-state index is 13.1. The highest BCUT2D eigenvalue weighted by molar-refractivity contribution is 7.91. The van der Waals surface area contributed by atoms with Gasteiger partial charge in [-0.2, -0.15) is 8.78 Å². The lowest BCUT2D eigenvalue weighted by Crippen LogP contribution is -2.36. The minimum Gasteiger partial charge on any atom is -0.370 e. The Hall–Kier alpha value is -2.59. The van der Waals surface area contributed by atoms with Gasteiger partial charge in [-0.3, -0.25) is 9.69 Å². The maximum atomic E-state index is 13.1. The molecule has 0 aliphatic carbocycles. The van der Waals surface area contributed by atoms with Gasteiger partial charge in [0, 0.05) is 31.9 Å². The Labute approximate surface area is 173 Å². The van der Waals surface area contributed by atoms with E-state index < -0.39 is 26.4 Å². The molecule has 1 N–H and O–H groups in total. The number of benzene rings is 2. The molecule has 30 heavy (non-hydrogen) atoms. The summed E-state index contributed by atoms with van der Waals surface area (Å²) < 4.78 is 62.6. The lowest BCUT2D eigenvalue weighted by molar-refractivity contribution is -0.117. The number of nitrogens with zero attached hydrogens (tertiary/aromatic N) is 2. The van der Waals surface area contributed by atoms with Crippen molar-refractivity contribution in [3.63, 3.8) is 0 Å². The maximum Gasteiger partial charge on any atom is 0.341 e. The number of sulfone groups is 1. The zero-order valence-electron chi connectivity index (χ0n) is 16.1. The van der Waals surface area contributed by atoms with E-state index in [2.05, 4.69) is 10.2 Å². The monoisotopic (exact) mass is 441 g/mol. The molecule has 2 aromatic rings. The van der Waals surface area contributed by atoms with Crippen LogP contribution in [-0.2, 0) is 14.6 Å². The summed E-state index contributed by atoms with van der Waals surface area (Å²) in [6, 6.07) is 11.3. The Balaban J connectivity index is 1.62. The number of nitrogens with one attached hydrogen (secondary N) is 1. The second-order valence-corrected chi connectivity index (χ2v) is 8.83. The second-order valence-electron chi connectivity index (χ2n) is 6.94.